The van der Waals surface area contributed by atoms with Gasteiger partial charge in [-0.15, -0.1) is 29.1 Å². The fourth-order valence-corrected chi connectivity index (χ4v) is 5.62. The van der Waals surface area contributed by atoms with Crippen molar-refractivity contribution >= 4 is 27.5 Å². The molecule has 0 aliphatic carbocycles. The number of carbonyl (C=O) groups excluding carboxylic acids is 1. The van der Waals surface area contributed by atoms with Crippen LogP contribution in [0.15, 0.2) is 95.2 Å². The van der Waals surface area contributed by atoms with Crippen molar-refractivity contribution in [2.75, 3.05) is 0 Å². The van der Waals surface area contributed by atoms with Gasteiger partial charge in [-0.3, -0.25) is 9.78 Å². The monoisotopic (exact) mass is 781 g/mol. The first-order valence-electron chi connectivity index (χ1n) is 15.9. The van der Waals surface area contributed by atoms with Crippen LogP contribution in [0, 0.1) is 17.9 Å². The van der Waals surface area contributed by atoms with E-state index in [0.717, 1.165) is 64.6 Å². The van der Waals surface area contributed by atoms with E-state index in [2.05, 4.69) is 80.4 Å². The molecule has 0 atom stereocenters. The molecule has 2 heterocycles. The number of benzene rings is 3. The fraction of sp³-hybridized carbons (Fsp3) is 0.350. The largest absolute Gasteiger partial charge is 0.512 e. The first kappa shape index (κ1) is 35.9. The molecule has 0 fully saturated rings. The maximum Gasteiger partial charge on any atom is 0.162 e. The maximum atomic E-state index is 11.7. The van der Waals surface area contributed by atoms with Gasteiger partial charge < -0.3 is 9.52 Å². The van der Waals surface area contributed by atoms with Gasteiger partial charge in [-0.1, -0.05) is 102 Å². The van der Waals surface area contributed by atoms with Gasteiger partial charge >= 0.3 is 0 Å². The smallest absolute Gasteiger partial charge is 0.162 e. The summed E-state index contributed by atoms with van der Waals surface area (Å²) < 4.78 is 6.06. The van der Waals surface area contributed by atoms with Gasteiger partial charge in [0.1, 0.15) is 11.3 Å². The molecule has 0 saturated heterocycles. The SMILES string of the molecule is CC(C)(C)c1cc(-c2cc(-c3cc4ccccc4o3)ccn2)[c-]c2ccccc12.CCC(CC)C(=O)/C=C(\O)C(CC)CC.[Ir]. The summed E-state index contributed by atoms with van der Waals surface area (Å²) in [5, 5.41) is 13.2. The number of rotatable bonds is 9. The Balaban J connectivity index is 0.000000297. The van der Waals surface area contributed by atoms with Crippen molar-refractivity contribution < 1.29 is 34.4 Å². The summed E-state index contributed by atoms with van der Waals surface area (Å²) in [5.41, 5.74) is 5.15. The molecule has 5 rings (SSSR count). The molecule has 0 unspecified atom stereocenters. The van der Waals surface area contributed by atoms with Gasteiger partial charge in [-0.2, -0.15) is 0 Å². The molecule has 3 aromatic carbocycles. The molecule has 5 aromatic rings. The summed E-state index contributed by atoms with van der Waals surface area (Å²) in [6.07, 6.45) is 6.75. The van der Waals surface area contributed by atoms with Gasteiger partial charge in [-0.05, 0) is 49.3 Å². The van der Waals surface area contributed by atoms with Crippen molar-refractivity contribution in [3.05, 3.63) is 102 Å². The van der Waals surface area contributed by atoms with E-state index in [1.54, 1.807) is 0 Å². The number of carbonyl (C=O) groups is 1. The van der Waals surface area contributed by atoms with E-state index < -0.39 is 0 Å². The van der Waals surface area contributed by atoms with Crippen LogP contribution in [-0.2, 0) is 30.3 Å². The van der Waals surface area contributed by atoms with Gasteiger partial charge in [0.2, 0.25) is 0 Å². The minimum atomic E-state index is 0. The first-order chi connectivity index (χ1) is 21.1. The molecule has 0 amide bonds. The van der Waals surface area contributed by atoms with E-state index in [-0.39, 0.29) is 48.9 Å². The standard InChI is InChI=1S/C27H22NO.C13H24O2.Ir/c1-27(2,3)23-15-21(14-18-8-4-6-10-22(18)23)24-16-20(12-13-28-24)26-17-19-9-5-7-11-25(19)29-26;1-5-10(6-2)12(14)9-13(15)11(7-3)8-4;/h4-13,15-17H,1-3H3;9-11,14H,5-8H2,1-4H3;/q-1;;/b;12-9-;. The fourth-order valence-electron chi connectivity index (χ4n) is 5.62. The maximum absolute atomic E-state index is 11.7. The number of hydrogen-bond acceptors (Lipinski definition) is 4. The van der Waals surface area contributed by atoms with Gasteiger partial charge in [0.05, 0.1) is 5.76 Å². The third-order valence-electron chi connectivity index (χ3n) is 8.41. The zero-order valence-corrected chi connectivity index (χ0v) is 30.0. The predicted octanol–water partition coefficient (Wildman–Crippen LogP) is 11.3. The number of fused-ring (bicyclic) bond motifs is 2. The molecule has 0 spiro atoms. The quantitative estimate of drug-likeness (QED) is 0.0919. The van der Waals surface area contributed by atoms with Gasteiger partial charge in [0, 0.05) is 60.9 Å². The van der Waals surface area contributed by atoms with Crippen LogP contribution in [0.4, 0.5) is 0 Å². The Morgan fingerprint density at radius 2 is 1.53 bits per heavy atom. The Bertz CT molecular complexity index is 1700. The molecule has 2 aromatic heterocycles. The van der Waals surface area contributed by atoms with Crippen molar-refractivity contribution in [3.63, 3.8) is 0 Å². The Morgan fingerprint density at radius 1 is 0.889 bits per heavy atom. The third kappa shape index (κ3) is 8.81. The summed E-state index contributed by atoms with van der Waals surface area (Å²) in [5.74, 6) is 1.40. The Labute approximate surface area is 282 Å². The number of nitrogens with zero attached hydrogens (tertiary/aromatic N) is 1. The molecule has 0 bridgehead atoms. The molecule has 1 N–H and O–H groups in total. The first-order valence-corrected chi connectivity index (χ1v) is 15.9. The summed E-state index contributed by atoms with van der Waals surface area (Å²) in [6, 6.07) is 28.5. The molecule has 45 heavy (non-hydrogen) atoms. The normalized spacial score (nSPS) is 11.9. The van der Waals surface area contributed by atoms with Crippen LogP contribution in [0.1, 0.15) is 79.7 Å². The van der Waals surface area contributed by atoms with Crippen molar-refractivity contribution in [2.24, 2.45) is 11.8 Å². The molecule has 4 nitrogen and oxygen atoms in total. The Hall–Kier alpha value is -3.53. The molecule has 1 radical (unpaired) electrons. The van der Waals surface area contributed by atoms with Crippen LogP contribution in [-0.4, -0.2) is 15.9 Å². The average Bonchev–Trinajstić information content (AvgIpc) is 3.46. The molecule has 0 aliphatic rings. The van der Waals surface area contributed by atoms with Crippen LogP contribution < -0.4 is 0 Å². The van der Waals surface area contributed by atoms with Crippen molar-refractivity contribution in [3.8, 4) is 22.6 Å². The number of ketones is 1. The Morgan fingerprint density at radius 3 is 2.18 bits per heavy atom. The average molecular weight is 781 g/mol. The third-order valence-corrected chi connectivity index (χ3v) is 8.41. The number of aliphatic hydroxyl groups excluding tert-OH is 1. The number of pyridine rings is 1. The number of allylic oxidation sites excluding steroid dienone is 2. The second-order valence-electron chi connectivity index (χ2n) is 12.5. The molecular formula is C40H46IrNO3-. The van der Waals surface area contributed by atoms with Crippen LogP contribution >= 0.6 is 0 Å². The van der Waals surface area contributed by atoms with Crippen LogP contribution in [0.25, 0.3) is 44.3 Å². The number of para-hydroxylation sites is 1. The van der Waals surface area contributed by atoms with E-state index in [9.17, 15) is 9.90 Å². The van der Waals surface area contributed by atoms with Crippen LogP contribution in [0.2, 0.25) is 0 Å². The van der Waals surface area contributed by atoms with Crippen molar-refractivity contribution in [2.45, 2.75) is 79.6 Å². The molecule has 239 valence electrons. The van der Waals surface area contributed by atoms with E-state index in [1.165, 1.54) is 17.0 Å². The summed E-state index contributed by atoms with van der Waals surface area (Å²) in [7, 11) is 0. The van der Waals surface area contributed by atoms with Crippen LogP contribution in [0.5, 0.6) is 0 Å². The van der Waals surface area contributed by atoms with Gasteiger partial charge in [-0.25, -0.2) is 0 Å². The second kappa shape index (κ2) is 16.2. The minimum absolute atomic E-state index is 0. The van der Waals surface area contributed by atoms with E-state index in [0.29, 0.717) is 0 Å². The van der Waals surface area contributed by atoms with Gasteiger partial charge in [0.15, 0.2) is 5.78 Å². The molecule has 5 heteroatoms. The van der Waals surface area contributed by atoms with E-state index in [1.807, 2.05) is 58.2 Å². The summed E-state index contributed by atoms with van der Waals surface area (Å²) >= 11 is 0. The Kier molecular flexibility index (Phi) is 12.9. The number of hydrogen-bond donors (Lipinski definition) is 1. The van der Waals surface area contributed by atoms with Crippen LogP contribution in [0.3, 0.4) is 0 Å². The summed E-state index contributed by atoms with van der Waals surface area (Å²) in [6.45, 7) is 14.8. The molecular weight excluding hydrogens is 735 g/mol. The zero-order valence-electron chi connectivity index (χ0n) is 27.6. The number of aromatic nitrogens is 1. The predicted molar refractivity (Wildman–Crippen MR) is 184 cm³/mol. The summed E-state index contributed by atoms with van der Waals surface area (Å²) in [4.78, 5) is 16.4. The topological polar surface area (TPSA) is 63.3 Å². The second-order valence-corrected chi connectivity index (χ2v) is 12.5. The van der Waals surface area contributed by atoms with E-state index >= 15 is 0 Å². The van der Waals surface area contributed by atoms with E-state index in [4.69, 9.17) is 4.42 Å². The number of aliphatic hydroxyl groups is 1. The molecule has 0 saturated carbocycles. The van der Waals surface area contributed by atoms with Crippen molar-refractivity contribution in [1.29, 1.82) is 0 Å². The van der Waals surface area contributed by atoms with Crippen molar-refractivity contribution in [1.82, 2.24) is 4.98 Å². The zero-order chi connectivity index (χ0) is 31.9. The molecule has 0 aliphatic heterocycles. The number of furan rings is 1. The minimum Gasteiger partial charge on any atom is -0.512 e. The van der Waals surface area contributed by atoms with Gasteiger partial charge in [0.25, 0.3) is 0 Å².